The molecule has 0 heterocycles. The van der Waals surface area contributed by atoms with E-state index in [9.17, 15) is 16.8 Å². The van der Waals surface area contributed by atoms with E-state index in [1.807, 2.05) is 0 Å². The second-order valence-corrected chi connectivity index (χ2v) is 11.4. The summed E-state index contributed by atoms with van der Waals surface area (Å²) in [6.45, 7) is 0. The average molecular weight is 573 g/mol. The Bertz CT molecular complexity index is 1830. The van der Waals surface area contributed by atoms with Crippen LogP contribution in [-0.2, 0) is 20.0 Å². The highest BCUT2D eigenvalue weighted by atomic mass is 32.2. The molecule has 0 aliphatic heterocycles. The normalized spacial score (nSPS) is 19.3. The number of allylic oxidation sites excluding steroid dienone is 10. The van der Waals surface area contributed by atoms with Crippen molar-refractivity contribution in [1.82, 2.24) is 0 Å². The van der Waals surface area contributed by atoms with Gasteiger partial charge < -0.3 is 10.6 Å². The van der Waals surface area contributed by atoms with Gasteiger partial charge in [0.1, 0.15) is 0 Å². The molecule has 4 rings (SSSR count). The topological polar surface area (TPSA) is 180 Å². The van der Waals surface area contributed by atoms with Gasteiger partial charge in [-0.15, -0.1) is 0 Å². The summed E-state index contributed by atoms with van der Waals surface area (Å²) >= 11 is 0. The third kappa shape index (κ3) is 6.78. The Morgan fingerprint density at radius 2 is 1.15 bits per heavy atom. The lowest BCUT2D eigenvalue weighted by atomic mass is 10.0. The smallest absolute Gasteiger partial charge is 0.339 e. The number of nitrogens with one attached hydrogen (secondary N) is 2. The summed E-state index contributed by atoms with van der Waals surface area (Å²) in [6.07, 6.45) is 11.0. The first-order valence-corrected chi connectivity index (χ1v) is 14.4. The van der Waals surface area contributed by atoms with E-state index < -0.39 is 20.0 Å². The predicted octanol–water partition coefficient (Wildman–Crippen LogP) is 5.22. The molecule has 2 aliphatic rings. The Morgan fingerprint density at radius 1 is 0.700 bits per heavy atom. The van der Waals surface area contributed by atoms with Crippen molar-refractivity contribution in [2.75, 3.05) is 9.44 Å². The monoisotopic (exact) mass is 572 g/mol. The van der Waals surface area contributed by atoms with Crippen molar-refractivity contribution < 1.29 is 16.8 Å². The highest BCUT2D eigenvalue weighted by Crippen LogP contribution is 2.28. The molecule has 0 fully saturated rings. The minimum Gasteiger partial charge on any atom is -0.362 e. The van der Waals surface area contributed by atoms with Crippen molar-refractivity contribution in [2.45, 2.75) is 0 Å². The molecule has 2 N–H and O–H groups in total. The van der Waals surface area contributed by atoms with E-state index >= 15 is 0 Å². The SMILES string of the molecule is N#[N+]N=C1C=CC(=CC=C2C=CC(=NN=[N-])C=C2S(=O)(=O)Nc2ccccc2)C(S(=O)(=O)Nc2ccccc2)=C1. The van der Waals surface area contributed by atoms with Crippen molar-refractivity contribution in [3.8, 4) is 0 Å². The van der Waals surface area contributed by atoms with Gasteiger partial charge in [0.25, 0.3) is 25.4 Å². The van der Waals surface area contributed by atoms with Gasteiger partial charge in [0.2, 0.25) is 0 Å². The average Bonchev–Trinajstić information content (AvgIpc) is 2.93. The maximum Gasteiger partial charge on any atom is 0.339 e. The number of rotatable bonds is 8. The Hall–Kier alpha value is -5.26. The summed E-state index contributed by atoms with van der Waals surface area (Å²) in [5, 5.41) is 21.3. The number of nitrogens with zero attached hydrogens (tertiary/aromatic N) is 6. The van der Waals surface area contributed by atoms with Gasteiger partial charge in [0.15, 0.2) is 10.8 Å². The molecule has 2 aromatic rings. The minimum atomic E-state index is -4.15. The van der Waals surface area contributed by atoms with Crippen LogP contribution in [0.4, 0.5) is 11.4 Å². The van der Waals surface area contributed by atoms with Crippen molar-refractivity contribution in [3.05, 3.63) is 141 Å². The van der Waals surface area contributed by atoms with Crippen LogP contribution in [0.2, 0.25) is 0 Å². The van der Waals surface area contributed by atoms with Crippen molar-refractivity contribution in [3.63, 3.8) is 0 Å². The molecule has 0 saturated heterocycles. The molecule has 0 spiro atoms. The third-order valence-electron chi connectivity index (χ3n) is 5.39. The second-order valence-electron chi connectivity index (χ2n) is 8.10. The summed E-state index contributed by atoms with van der Waals surface area (Å²) in [4.78, 5) is -0.398. The fourth-order valence-corrected chi connectivity index (χ4v) is 6.18. The van der Waals surface area contributed by atoms with E-state index in [-0.39, 0.29) is 32.4 Å². The molecule has 200 valence electrons. The van der Waals surface area contributed by atoms with E-state index in [2.05, 4.69) is 30.0 Å². The molecule has 0 amide bonds. The number of sulfonamides is 2. The largest absolute Gasteiger partial charge is 0.362 e. The number of hydrogen-bond acceptors (Lipinski definition) is 7. The maximum atomic E-state index is 13.3. The number of hydrogen-bond donors (Lipinski definition) is 2. The summed E-state index contributed by atoms with van der Waals surface area (Å²) in [7, 11) is -8.31. The molecular weight excluding hydrogens is 552 g/mol. The lowest BCUT2D eigenvalue weighted by Crippen LogP contribution is -2.19. The predicted molar refractivity (Wildman–Crippen MR) is 154 cm³/mol. The quantitative estimate of drug-likeness (QED) is 0.250. The third-order valence-corrected chi connectivity index (χ3v) is 8.26. The zero-order chi connectivity index (χ0) is 28.6. The highest BCUT2D eigenvalue weighted by molar-refractivity contribution is 7.97. The molecule has 0 aromatic heterocycles. The number of anilines is 2. The molecule has 0 atom stereocenters. The number of diazo groups is 1. The van der Waals surface area contributed by atoms with Gasteiger partial charge in [-0.2, -0.15) is 0 Å². The van der Waals surface area contributed by atoms with E-state index in [4.69, 9.17) is 10.9 Å². The molecule has 14 heteroatoms. The van der Waals surface area contributed by atoms with Gasteiger partial charge in [-0.3, -0.25) is 14.7 Å². The molecule has 0 bridgehead atoms. The van der Waals surface area contributed by atoms with Gasteiger partial charge in [-0.1, -0.05) is 66.8 Å². The van der Waals surface area contributed by atoms with Crippen LogP contribution in [0, 0.1) is 5.39 Å². The van der Waals surface area contributed by atoms with Crippen molar-refractivity contribution in [2.24, 2.45) is 15.4 Å². The van der Waals surface area contributed by atoms with E-state index in [0.717, 1.165) is 0 Å². The highest BCUT2D eigenvalue weighted by Gasteiger charge is 2.26. The van der Waals surface area contributed by atoms with Crippen LogP contribution < -0.4 is 9.44 Å². The lowest BCUT2D eigenvalue weighted by molar-refractivity contribution is 0.605. The molecule has 40 heavy (non-hydrogen) atoms. The van der Waals surface area contributed by atoms with E-state index in [1.165, 1.54) is 48.6 Å². The van der Waals surface area contributed by atoms with Crippen molar-refractivity contribution in [1.29, 1.82) is 5.39 Å². The van der Waals surface area contributed by atoms with Crippen LogP contribution in [0.25, 0.3) is 10.6 Å². The summed E-state index contributed by atoms with van der Waals surface area (Å²) in [6, 6.07) is 16.4. The van der Waals surface area contributed by atoms with Gasteiger partial charge >= 0.3 is 5.08 Å². The molecule has 12 nitrogen and oxygen atoms in total. The molecule has 2 aromatic carbocycles. The first-order valence-electron chi connectivity index (χ1n) is 11.4. The van der Waals surface area contributed by atoms with E-state index in [1.54, 1.807) is 60.7 Å². The Balaban J connectivity index is 1.76. The molecule has 2 aliphatic carbocycles. The Kier molecular flexibility index (Phi) is 8.38. The number of para-hydroxylation sites is 2. The maximum absolute atomic E-state index is 13.3. The fraction of sp³-hybridized carbons (Fsp3) is 0. The molecular formula is C26H20N8O4S2. The van der Waals surface area contributed by atoms with Gasteiger partial charge in [-0.05, 0) is 59.4 Å². The zero-order valence-corrected chi connectivity index (χ0v) is 22.2. The Morgan fingerprint density at radius 3 is 1.60 bits per heavy atom. The molecule has 0 saturated carbocycles. The van der Waals surface area contributed by atoms with Gasteiger partial charge in [0, 0.05) is 11.4 Å². The first-order chi connectivity index (χ1) is 19.2. The fourth-order valence-electron chi connectivity index (χ4n) is 3.63. The number of benzene rings is 2. The molecule has 0 radical (unpaired) electrons. The van der Waals surface area contributed by atoms with E-state index in [0.29, 0.717) is 11.4 Å². The van der Waals surface area contributed by atoms with Gasteiger partial charge in [-0.25, -0.2) is 16.8 Å². The lowest BCUT2D eigenvalue weighted by Gasteiger charge is -2.17. The van der Waals surface area contributed by atoms with Crippen LogP contribution in [0.15, 0.2) is 146 Å². The standard InChI is InChI=1S/C26H20N8O4S2/c27-33-29-23-15-13-19(25(17-23)39(35,36)31-21-7-3-1-4-8-21)11-12-20-14-16-24(30-34-28)18-26(20)40(37,38)32-22-9-5-2-6-10-22/h1-18,31-32H. The van der Waals surface area contributed by atoms with Crippen LogP contribution in [0.3, 0.4) is 0 Å². The minimum absolute atomic E-state index is 0.0714. The summed E-state index contributed by atoms with van der Waals surface area (Å²) in [5.41, 5.74) is 10.00. The van der Waals surface area contributed by atoms with Crippen molar-refractivity contribution >= 4 is 42.8 Å². The summed E-state index contributed by atoms with van der Waals surface area (Å²) < 4.78 is 58.2. The first kappa shape index (κ1) is 27.8. The Labute approximate surface area is 230 Å². The zero-order valence-electron chi connectivity index (χ0n) is 20.5. The second kappa shape index (κ2) is 12.1. The summed E-state index contributed by atoms with van der Waals surface area (Å²) in [5.74, 6) is 0. The van der Waals surface area contributed by atoms with Crippen LogP contribution in [0.5, 0.6) is 0 Å². The van der Waals surface area contributed by atoms with Gasteiger partial charge in [0.05, 0.1) is 9.81 Å². The molecule has 0 unspecified atom stereocenters. The van der Waals surface area contributed by atoms with Crippen LogP contribution in [0.1, 0.15) is 0 Å². The van der Waals surface area contributed by atoms with Crippen LogP contribution >= 0.6 is 0 Å². The van der Waals surface area contributed by atoms with Crippen LogP contribution in [-0.4, -0.2) is 28.3 Å².